The molecular formula is C54H30N2S3. The predicted molar refractivity (Wildman–Crippen MR) is 257 cm³/mol. The summed E-state index contributed by atoms with van der Waals surface area (Å²) in [5.41, 5.74) is 10.2. The fourth-order valence-electron chi connectivity index (χ4n) is 9.16. The average molecular weight is 803 g/mol. The molecule has 0 unspecified atom stereocenters. The van der Waals surface area contributed by atoms with Gasteiger partial charge in [0.1, 0.15) is 10.3 Å². The summed E-state index contributed by atoms with van der Waals surface area (Å²) in [6.07, 6.45) is 1.95. The zero-order chi connectivity index (χ0) is 38.6. The summed E-state index contributed by atoms with van der Waals surface area (Å²) < 4.78 is 6.48. The van der Waals surface area contributed by atoms with E-state index >= 15 is 0 Å². The predicted octanol–water partition coefficient (Wildman–Crippen LogP) is 16.6. The Hall–Kier alpha value is -6.76. The summed E-state index contributed by atoms with van der Waals surface area (Å²) in [6, 6.07) is 64.5. The number of hydrogen-bond acceptors (Lipinski definition) is 5. The second-order valence-corrected chi connectivity index (χ2v) is 18.4. The standard InChI is InChI=1S/C54H30N2S3/c1-3-15-38-31(9-1)21-25-47-49(38)42-19-7-17-40(52(42)57-47)35-12-5-11-33(27-35)34-23-24-46-44(29-34)51-54(59-46)56-45(30-55-51)37-14-6-13-36(28-37)41-18-8-20-43-50-39-16-4-2-10-32(39)22-26-48(50)58-53(41)43/h1-30H. The van der Waals surface area contributed by atoms with Gasteiger partial charge in [0.05, 0.1) is 11.9 Å². The first-order chi connectivity index (χ1) is 29.2. The van der Waals surface area contributed by atoms with E-state index in [0.717, 1.165) is 27.0 Å². The molecule has 4 heterocycles. The smallest absolute Gasteiger partial charge is 0.143 e. The SMILES string of the molecule is c1cc(-c2ccc3sc4nc(-c5cccc(-c6cccc7c6sc6ccc8ccccc8c67)c5)cnc4c3c2)cc(-c2cccc3c2sc2ccc4ccccc4c23)c1. The normalized spacial score (nSPS) is 12.1. The zero-order valence-electron chi connectivity index (χ0n) is 31.4. The fourth-order valence-corrected chi connectivity index (χ4v) is 12.7. The lowest BCUT2D eigenvalue weighted by molar-refractivity contribution is 1.32. The minimum absolute atomic E-state index is 0.886. The van der Waals surface area contributed by atoms with E-state index in [1.54, 1.807) is 11.3 Å². The van der Waals surface area contributed by atoms with Crippen LogP contribution >= 0.6 is 34.0 Å². The summed E-state index contributed by atoms with van der Waals surface area (Å²) in [4.78, 5) is 11.3. The number of aromatic nitrogens is 2. The second kappa shape index (κ2) is 12.9. The van der Waals surface area contributed by atoms with E-state index in [1.165, 1.54) is 100.0 Å². The first-order valence-corrected chi connectivity index (χ1v) is 22.2. The van der Waals surface area contributed by atoms with Gasteiger partial charge >= 0.3 is 0 Å². The molecule has 0 amide bonds. The number of nitrogens with zero attached hydrogens (tertiary/aromatic N) is 2. The van der Waals surface area contributed by atoms with Crippen molar-refractivity contribution in [3.63, 3.8) is 0 Å². The van der Waals surface area contributed by atoms with E-state index in [9.17, 15) is 0 Å². The lowest BCUT2D eigenvalue weighted by atomic mass is 9.96. The van der Waals surface area contributed by atoms with Crippen LogP contribution in [0.3, 0.4) is 0 Å². The average Bonchev–Trinajstić information content (AvgIpc) is 4.00. The van der Waals surface area contributed by atoms with Crippen molar-refractivity contribution in [1.29, 1.82) is 0 Å². The maximum Gasteiger partial charge on any atom is 0.143 e. The molecule has 0 spiro atoms. The van der Waals surface area contributed by atoms with Gasteiger partial charge in [-0.15, -0.1) is 34.0 Å². The molecule has 9 aromatic carbocycles. The van der Waals surface area contributed by atoms with Gasteiger partial charge in [0.15, 0.2) is 0 Å². The molecule has 0 bridgehead atoms. The third-order valence-electron chi connectivity index (χ3n) is 11.9. The first kappa shape index (κ1) is 33.2. The highest BCUT2D eigenvalue weighted by Crippen LogP contribution is 2.45. The molecule has 0 N–H and O–H groups in total. The van der Waals surface area contributed by atoms with Gasteiger partial charge in [0, 0.05) is 56.0 Å². The number of thiophene rings is 3. The Kier molecular flexibility index (Phi) is 7.25. The summed E-state index contributed by atoms with van der Waals surface area (Å²) >= 11 is 5.48. The van der Waals surface area contributed by atoms with Crippen molar-refractivity contribution in [2.24, 2.45) is 0 Å². The second-order valence-electron chi connectivity index (χ2n) is 15.3. The molecule has 59 heavy (non-hydrogen) atoms. The molecule has 0 aliphatic heterocycles. The van der Waals surface area contributed by atoms with Crippen LogP contribution in [0.2, 0.25) is 0 Å². The van der Waals surface area contributed by atoms with Gasteiger partial charge in [-0.2, -0.15) is 0 Å². The summed E-state index contributed by atoms with van der Waals surface area (Å²) in [5.74, 6) is 0. The molecule has 13 aromatic rings. The van der Waals surface area contributed by atoms with Crippen molar-refractivity contribution in [2.75, 3.05) is 0 Å². The molecule has 4 aromatic heterocycles. The van der Waals surface area contributed by atoms with Crippen LogP contribution < -0.4 is 0 Å². The van der Waals surface area contributed by atoms with Crippen LogP contribution in [-0.2, 0) is 0 Å². The van der Waals surface area contributed by atoms with Crippen molar-refractivity contribution < 1.29 is 0 Å². The Morgan fingerprint density at radius 2 is 0.881 bits per heavy atom. The van der Waals surface area contributed by atoms with Crippen LogP contribution in [0.5, 0.6) is 0 Å². The van der Waals surface area contributed by atoms with Gasteiger partial charge in [-0.3, -0.25) is 4.98 Å². The molecule has 274 valence electrons. The molecular weight excluding hydrogens is 773 g/mol. The minimum atomic E-state index is 0.886. The Balaban J connectivity index is 0.864. The third kappa shape index (κ3) is 5.16. The molecule has 2 nitrogen and oxygen atoms in total. The van der Waals surface area contributed by atoms with Crippen molar-refractivity contribution >= 4 is 116 Å². The Labute approximate surface area is 350 Å². The van der Waals surface area contributed by atoms with E-state index in [4.69, 9.17) is 9.97 Å². The van der Waals surface area contributed by atoms with Crippen molar-refractivity contribution in [1.82, 2.24) is 9.97 Å². The van der Waals surface area contributed by atoms with Crippen molar-refractivity contribution in [3.8, 4) is 44.6 Å². The van der Waals surface area contributed by atoms with Crippen LogP contribution in [0.25, 0.3) is 127 Å². The quantitative estimate of drug-likeness (QED) is 0.177. The van der Waals surface area contributed by atoms with Gasteiger partial charge in [0.2, 0.25) is 0 Å². The van der Waals surface area contributed by atoms with Gasteiger partial charge < -0.3 is 0 Å². The van der Waals surface area contributed by atoms with E-state index in [-0.39, 0.29) is 0 Å². The van der Waals surface area contributed by atoms with E-state index in [2.05, 4.69) is 176 Å². The zero-order valence-corrected chi connectivity index (χ0v) is 33.9. The minimum Gasteiger partial charge on any atom is -0.251 e. The van der Waals surface area contributed by atoms with Crippen LogP contribution in [0.1, 0.15) is 0 Å². The van der Waals surface area contributed by atoms with E-state index in [1.807, 2.05) is 28.9 Å². The molecule has 5 heteroatoms. The largest absolute Gasteiger partial charge is 0.251 e. The number of fused-ring (bicyclic) bond motifs is 13. The summed E-state index contributed by atoms with van der Waals surface area (Å²) in [7, 11) is 0. The first-order valence-electron chi connectivity index (χ1n) is 19.8. The maximum absolute atomic E-state index is 5.23. The molecule has 0 saturated carbocycles. The topological polar surface area (TPSA) is 25.8 Å². The molecule has 0 aliphatic carbocycles. The van der Waals surface area contributed by atoms with Gasteiger partial charge in [-0.1, -0.05) is 140 Å². The van der Waals surface area contributed by atoms with E-state index in [0.29, 0.717) is 0 Å². The number of hydrogen-bond donors (Lipinski definition) is 0. The van der Waals surface area contributed by atoms with Crippen LogP contribution in [0.15, 0.2) is 182 Å². The Morgan fingerprint density at radius 1 is 0.356 bits per heavy atom. The molecule has 13 rings (SSSR count). The van der Waals surface area contributed by atoms with Crippen LogP contribution in [-0.4, -0.2) is 9.97 Å². The molecule has 0 aliphatic rings. The third-order valence-corrected chi connectivity index (χ3v) is 15.4. The molecule has 0 atom stereocenters. The summed E-state index contributed by atoms with van der Waals surface area (Å²) in [6.45, 7) is 0. The highest BCUT2D eigenvalue weighted by Gasteiger charge is 2.17. The molecule has 0 saturated heterocycles. The number of benzene rings is 9. The Morgan fingerprint density at radius 3 is 1.54 bits per heavy atom. The van der Waals surface area contributed by atoms with Crippen molar-refractivity contribution in [2.45, 2.75) is 0 Å². The number of rotatable bonds is 4. The van der Waals surface area contributed by atoms with Gasteiger partial charge in [-0.25, -0.2) is 4.98 Å². The monoisotopic (exact) mass is 802 g/mol. The summed E-state index contributed by atoms with van der Waals surface area (Å²) in [5, 5.41) is 11.7. The maximum atomic E-state index is 5.23. The van der Waals surface area contributed by atoms with Crippen molar-refractivity contribution in [3.05, 3.63) is 182 Å². The van der Waals surface area contributed by atoms with Gasteiger partial charge in [-0.05, 0) is 91.3 Å². The molecule has 0 fully saturated rings. The lowest BCUT2D eigenvalue weighted by Gasteiger charge is -2.08. The highest BCUT2D eigenvalue weighted by molar-refractivity contribution is 7.27. The fraction of sp³-hybridized carbons (Fsp3) is 0. The molecule has 0 radical (unpaired) electrons. The van der Waals surface area contributed by atoms with Crippen LogP contribution in [0, 0.1) is 0 Å². The van der Waals surface area contributed by atoms with Gasteiger partial charge in [0.25, 0.3) is 0 Å². The van der Waals surface area contributed by atoms with Crippen LogP contribution in [0.4, 0.5) is 0 Å². The Bertz CT molecular complexity index is 3870. The van der Waals surface area contributed by atoms with E-state index < -0.39 is 0 Å². The lowest BCUT2D eigenvalue weighted by Crippen LogP contribution is -1.87. The highest BCUT2D eigenvalue weighted by atomic mass is 32.1.